The Balaban J connectivity index is 1.82. The van der Waals surface area contributed by atoms with E-state index >= 15 is 0 Å². The van der Waals surface area contributed by atoms with E-state index in [1.165, 1.54) is 0 Å². The highest BCUT2D eigenvalue weighted by Crippen LogP contribution is 2.31. The summed E-state index contributed by atoms with van der Waals surface area (Å²) in [6.07, 6.45) is 2.97. The van der Waals surface area contributed by atoms with Crippen LogP contribution in [-0.2, 0) is 4.79 Å². The highest BCUT2D eigenvalue weighted by Gasteiger charge is 2.38. The molecule has 0 spiro atoms. The molecule has 1 aromatic rings. The number of ether oxygens (including phenoxy) is 1. The number of amides is 2. The third-order valence-electron chi connectivity index (χ3n) is 5.00. The minimum atomic E-state index is 0.0294. The van der Waals surface area contributed by atoms with Crippen molar-refractivity contribution in [1.29, 1.82) is 0 Å². The van der Waals surface area contributed by atoms with E-state index < -0.39 is 0 Å². The van der Waals surface area contributed by atoms with Crippen molar-refractivity contribution in [3.05, 3.63) is 29.8 Å². The van der Waals surface area contributed by atoms with Crippen LogP contribution in [0.3, 0.4) is 0 Å². The minimum absolute atomic E-state index is 0.0294. The number of piperidine rings is 1. The summed E-state index contributed by atoms with van der Waals surface area (Å²) in [4.78, 5) is 28.8. The van der Waals surface area contributed by atoms with Crippen molar-refractivity contribution in [2.45, 2.75) is 39.2 Å². The van der Waals surface area contributed by atoms with Gasteiger partial charge >= 0.3 is 0 Å². The smallest absolute Gasteiger partial charge is 0.257 e. The van der Waals surface area contributed by atoms with E-state index in [0.717, 1.165) is 32.4 Å². The molecular weight excluding hydrogens is 304 g/mol. The molecule has 0 aliphatic carbocycles. The number of para-hydroxylation sites is 1. The SMILES string of the molecule is CCCOc1ccccc1C(=O)N1C[C@H]2CC[C@@H]1CN(C(C)=O)C2. The van der Waals surface area contributed by atoms with Crippen LogP contribution < -0.4 is 4.74 Å². The molecule has 0 aromatic heterocycles. The van der Waals surface area contributed by atoms with E-state index in [2.05, 4.69) is 6.92 Å². The maximum absolute atomic E-state index is 13.1. The lowest BCUT2D eigenvalue weighted by Crippen LogP contribution is -2.47. The molecule has 1 aromatic carbocycles. The van der Waals surface area contributed by atoms with E-state index in [9.17, 15) is 9.59 Å². The first-order valence-corrected chi connectivity index (χ1v) is 8.88. The molecule has 2 atom stereocenters. The molecule has 0 N–H and O–H groups in total. The number of carbonyl (C=O) groups excluding carboxylic acids is 2. The Hall–Kier alpha value is -2.04. The highest BCUT2D eigenvalue weighted by molar-refractivity contribution is 5.97. The van der Waals surface area contributed by atoms with Gasteiger partial charge in [0.2, 0.25) is 5.91 Å². The summed E-state index contributed by atoms with van der Waals surface area (Å²) in [7, 11) is 0. The maximum Gasteiger partial charge on any atom is 0.257 e. The average Bonchev–Trinajstić information content (AvgIpc) is 2.92. The van der Waals surface area contributed by atoms with Crippen LogP contribution in [0, 0.1) is 5.92 Å². The van der Waals surface area contributed by atoms with Crippen LogP contribution in [-0.4, -0.2) is 53.9 Å². The van der Waals surface area contributed by atoms with E-state index in [1.54, 1.807) is 6.92 Å². The summed E-state index contributed by atoms with van der Waals surface area (Å²) in [6.45, 7) is 6.42. The molecule has 130 valence electrons. The van der Waals surface area contributed by atoms with E-state index in [4.69, 9.17) is 4.74 Å². The van der Waals surface area contributed by atoms with Crippen molar-refractivity contribution in [1.82, 2.24) is 9.80 Å². The molecule has 4 rings (SSSR count). The Bertz CT molecular complexity index is 616. The first kappa shape index (κ1) is 16.8. The molecule has 2 amide bonds. The maximum atomic E-state index is 13.1. The fourth-order valence-corrected chi connectivity index (χ4v) is 3.72. The first-order valence-electron chi connectivity index (χ1n) is 8.88. The molecule has 5 heteroatoms. The zero-order valence-corrected chi connectivity index (χ0v) is 14.5. The Kier molecular flexibility index (Phi) is 5.07. The van der Waals surface area contributed by atoms with Crippen LogP contribution in [0.5, 0.6) is 5.75 Å². The summed E-state index contributed by atoms with van der Waals surface area (Å²) in [6, 6.07) is 7.59. The number of hydrogen-bond donors (Lipinski definition) is 0. The first-order chi connectivity index (χ1) is 11.6. The van der Waals surface area contributed by atoms with Crippen LogP contribution in [0.4, 0.5) is 0 Å². The van der Waals surface area contributed by atoms with Gasteiger partial charge in [0, 0.05) is 32.6 Å². The number of carbonyl (C=O) groups is 2. The predicted octanol–water partition coefficient (Wildman–Crippen LogP) is 2.56. The van der Waals surface area contributed by atoms with Gasteiger partial charge in [-0.1, -0.05) is 19.1 Å². The fraction of sp³-hybridized carbons (Fsp3) is 0.579. The van der Waals surface area contributed by atoms with Crippen LogP contribution >= 0.6 is 0 Å². The molecule has 3 heterocycles. The van der Waals surface area contributed by atoms with E-state index in [1.807, 2.05) is 34.1 Å². The second-order valence-corrected chi connectivity index (χ2v) is 6.82. The summed E-state index contributed by atoms with van der Waals surface area (Å²) in [5, 5.41) is 0. The topological polar surface area (TPSA) is 49.9 Å². The zero-order valence-electron chi connectivity index (χ0n) is 14.5. The Morgan fingerprint density at radius 2 is 1.96 bits per heavy atom. The average molecular weight is 330 g/mol. The minimum Gasteiger partial charge on any atom is -0.493 e. The van der Waals surface area contributed by atoms with E-state index in [-0.39, 0.29) is 17.9 Å². The highest BCUT2D eigenvalue weighted by atomic mass is 16.5. The lowest BCUT2D eigenvalue weighted by Gasteiger charge is -2.36. The summed E-state index contributed by atoms with van der Waals surface area (Å²) in [5.41, 5.74) is 0.632. The van der Waals surface area contributed by atoms with Gasteiger partial charge in [0.05, 0.1) is 12.2 Å². The Morgan fingerprint density at radius 3 is 2.71 bits per heavy atom. The van der Waals surface area contributed by atoms with Crippen molar-refractivity contribution >= 4 is 11.8 Å². The normalized spacial score (nSPS) is 23.1. The summed E-state index contributed by atoms with van der Waals surface area (Å²) < 4.78 is 5.76. The van der Waals surface area contributed by atoms with Gasteiger partial charge in [-0.05, 0) is 37.3 Å². The van der Waals surface area contributed by atoms with Crippen LogP contribution in [0.25, 0.3) is 0 Å². The molecule has 3 saturated heterocycles. The molecule has 3 aliphatic rings. The number of fused-ring (bicyclic) bond motifs is 4. The van der Waals surface area contributed by atoms with Crippen molar-refractivity contribution in [3.63, 3.8) is 0 Å². The quantitative estimate of drug-likeness (QED) is 0.852. The summed E-state index contributed by atoms with van der Waals surface area (Å²) >= 11 is 0. The summed E-state index contributed by atoms with van der Waals surface area (Å²) in [5.74, 6) is 1.17. The van der Waals surface area contributed by atoms with Crippen LogP contribution in [0.2, 0.25) is 0 Å². The van der Waals surface area contributed by atoms with Crippen molar-refractivity contribution in [2.75, 3.05) is 26.2 Å². The van der Waals surface area contributed by atoms with Crippen LogP contribution in [0.1, 0.15) is 43.5 Å². The molecule has 2 bridgehead atoms. The van der Waals surface area contributed by atoms with Gasteiger partial charge in [-0.15, -0.1) is 0 Å². The fourth-order valence-electron chi connectivity index (χ4n) is 3.72. The zero-order chi connectivity index (χ0) is 17.1. The van der Waals surface area contributed by atoms with Gasteiger partial charge in [0.15, 0.2) is 0 Å². The lowest BCUT2D eigenvalue weighted by atomic mass is 9.94. The van der Waals surface area contributed by atoms with Gasteiger partial charge in [-0.2, -0.15) is 0 Å². The largest absolute Gasteiger partial charge is 0.493 e. The van der Waals surface area contributed by atoms with Gasteiger partial charge in [-0.25, -0.2) is 0 Å². The van der Waals surface area contributed by atoms with Crippen molar-refractivity contribution in [2.24, 2.45) is 5.92 Å². The molecule has 0 saturated carbocycles. The standard InChI is InChI=1S/C19H26N2O3/c1-3-10-24-18-7-5-4-6-17(18)19(23)21-12-15-8-9-16(21)13-20(11-15)14(2)22/h4-7,15-16H,3,8-13H2,1-2H3/t15-,16+/m0/s1. The van der Waals surface area contributed by atoms with Crippen molar-refractivity contribution < 1.29 is 14.3 Å². The molecule has 0 radical (unpaired) electrons. The molecule has 3 fully saturated rings. The third kappa shape index (κ3) is 3.40. The lowest BCUT2D eigenvalue weighted by molar-refractivity contribution is -0.129. The molecule has 5 nitrogen and oxygen atoms in total. The number of nitrogens with zero attached hydrogens (tertiary/aromatic N) is 2. The van der Waals surface area contributed by atoms with E-state index in [0.29, 0.717) is 30.4 Å². The molecule has 3 aliphatic heterocycles. The van der Waals surface area contributed by atoms with Crippen molar-refractivity contribution in [3.8, 4) is 5.75 Å². The predicted molar refractivity (Wildman–Crippen MR) is 92.0 cm³/mol. The molecular formula is C19H26N2O3. The van der Waals surface area contributed by atoms with Gasteiger partial charge in [0.25, 0.3) is 5.91 Å². The third-order valence-corrected chi connectivity index (χ3v) is 5.00. The van der Waals surface area contributed by atoms with Gasteiger partial charge in [-0.3, -0.25) is 9.59 Å². The Morgan fingerprint density at radius 1 is 1.17 bits per heavy atom. The van der Waals surface area contributed by atoms with Gasteiger partial charge < -0.3 is 14.5 Å². The van der Waals surface area contributed by atoms with Gasteiger partial charge in [0.1, 0.15) is 5.75 Å². The van der Waals surface area contributed by atoms with Crippen LogP contribution in [0.15, 0.2) is 24.3 Å². The monoisotopic (exact) mass is 330 g/mol. The number of rotatable bonds is 4. The second kappa shape index (κ2) is 7.24. The number of hydrogen-bond acceptors (Lipinski definition) is 3. The second-order valence-electron chi connectivity index (χ2n) is 6.82. The Labute approximate surface area is 143 Å². The molecule has 24 heavy (non-hydrogen) atoms. The number of benzene rings is 1. The molecule has 0 unspecified atom stereocenters.